The van der Waals surface area contributed by atoms with Crippen LogP contribution in [0.1, 0.15) is 52.4 Å². The van der Waals surface area contributed by atoms with Gasteiger partial charge in [0.25, 0.3) is 0 Å². The maximum atomic E-state index is 11.5. The van der Waals surface area contributed by atoms with E-state index in [1.165, 1.54) is 25.7 Å². The molecule has 0 heterocycles. The number of hydrogen-bond acceptors (Lipinski definition) is 1. The van der Waals surface area contributed by atoms with Crippen LogP contribution in [0.4, 0.5) is 0 Å². The molecule has 4 aliphatic rings. The maximum absolute atomic E-state index is 11.5. The molecule has 0 aromatic carbocycles. The van der Waals surface area contributed by atoms with E-state index in [1.807, 2.05) is 0 Å². The molecule has 1 N–H and O–H groups in total. The fourth-order valence-corrected chi connectivity index (χ4v) is 6.35. The molecule has 0 aromatic rings. The van der Waals surface area contributed by atoms with E-state index in [0.717, 1.165) is 30.6 Å². The van der Waals surface area contributed by atoms with Gasteiger partial charge in [0.1, 0.15) is 0 Å². The molecule has 0 aliphatic heterocycles. The number of fused-ring (bicyclic) bond motifs is 4. The second-order valence-electron chi connectivity index (χ2n) is 8.54. The molecule has 4 bridgehead atoms. The molecule has 2 heteroatoms. The fourth-order valence-electron chi connectivity index (χ4n) is 6.35. The van der Waals surface area contributed by atoms with Crippen molar-refractivity contribution in [2.75, 3.05) is 0 Å². The van der Waals surface area contributed by atoms with E-state index >= 15 is 0 Å². The van der Waals surface area contributed by atoms with Crippen LogP contribution in [0, 0.1) is 40.4 Å². The van der Waals surface area contributed by atoms with Crippen LogP contribution in [-0.4, -0.2) is 11.1 Å². The zero-order chi connectivity index (χ0) is 14.1. The van der Waals surface area contributed by atoms with Crippen molar-refractivity contribution in [3.05, 3.63) is 12.2 Å². The standard InChI is InChI=1S/C18H26O2/c1-17(2,15-8-11-3-4-12(15)7-11)18-6-5-13(9-18)14(10-18)16(19)20/h5-6,11-15H,3-4,7-10H2,1-2H3,(H,19,20). The number of aliphatic carboxylic acids is 1. The van der Waals surface area contributed by atoms with Crippen molar-refractivity contribution in [3.8, 4) is 0 Å². The van der Waals surface area contributed by atoms with Crippen LogP contribution in [0.25, 0.3) is 0 Å². The summed E-state index contributed by atoms with van der Waals surface area (Å²) < 4.78 is 0. The van der Waals surface area contributed by atoms with Gasteiger partial charge in [-0.2, -0.15) is 0 Å². The lowest BCUT2D eigenvalue weighted by atomic mass is 9.55. The number of rotatable bonds is 3. The molecule has 0 radical (unpaired) electrons. The van der Waals surface area contributed by atoms with Crippen molar-refractivity contribution >= 4 is 5.97 Å². The smallest absolute Gasteiger partial charge is 0.307 e. The molecule has 0 aromatic heterocycles. The molecule has 0 amide bonds. The largest absolute Gasteiger partial charge is 0.481 e. The first-order valence-corrected chi connectivity index (χ1v) is 8.35. The summed E-state index contributed by atoms with van der Waals surface area (Å²) in [6.45, 7) is 4.88. The van der Waals surface area contributed by atoms with Gasteiger partial charge in [0.05, 0.1) is 5.92 Å². The summed E-state index contributed by atoms with van der Waals surface area (Å²) >= 11 is 0. The molecule has 2 nitrogen and oxygen atoms in total. The lowest BCUT2D eigenvalue weighted by Crippen LogP contribution is -2.42. The Bertz CT molecular complexity index is 478. The lowest BCUT2D eigenvalue weighted by Gasteiger charge is -2.49. The Kier molecular flexibility index (Phi) is 2.52. The summed E-state index contributed by atoms with van der Waals surface area (Å²) in [4.78, 5) is 11.5. The molecule has 20 heavy (non-hydrogen) atoms. The number of allylic oxidation sites excluding steroid dienone is 2. The van der Waals surface area contributed by atoms with Gasteiger partial charge in [-0.15, -0.1) is 0 Å². The Labute approximate surface area is 121 Å². The van der Waals surface area contributed by atoms with Gasteiger partial charge in [-0.05, 0) is 66.6 Å². The number of hydrogen-bond donors (Lipinski definition) is 1. The molecule has 0 saturated heterocycles. The predicted octanol–water partition coefficient (Wildman–Crippen LogP) is 4.12. The summed E-state index contributed by atoms with van der Waals surface area (Å²) in [5, 5.41) is 9.45. The average Bonchev–Trinajstić information content (AvgIpc) is 3.17. The highest BCUT2D eigenvalue weighted by atomic mass is 16.4. The number of carbonyl (C=O) groups is 1. The minimum absolute atomic E-state index is 0.127. The van der Waals surface area contributed by atoms with Gasteiger partial charge >= 0.3 is 5.97 Å². The third-order valence-corrected chi connectivity index (χ3v) is 7.63. The highest BCUT2D eigenvalue weighted by molar-refractivity contribution is 5.72. The fraction of sp³-hybridized carbons (Fsp3) is 0.833. The Morgan fingerprint density at radius 1 is 1.25 bits per heavy atom. The molecule has 6 atom stereocenters. The Morgan fingerprint density at radius 2 is 2.05 bits per heavy atom. The van der Waals surface area contributed by atoms with Gasteiger partial charge in [-0.1, -0.05) is 32.4 Å². The van der Waals surface area contributed by atoms with Gasteiger partial charge in [0.15, 0.2) is 0 Å². The van der Waals surface area contributed by atoms with E-state index in [4.69, 9.17) is 0 Å². The third kappa shape index (κ3) is 1.48. The third-order valence-electron chi connectivity index (χ3n) is 7.63. The van der Waals surface area contributed by atoms with Crippen LogP contribution in [0.5, 0.6) is 0 Å². The predicted molar refractivity (Wildman–Crippen MR) is 78.1 cm³/mol. The normalized spacial score (nSPS) is 49.2. The van der Waals surface area contributed by atoms with Crippen LogP contribution in [0.3, 0.4) is 0 Å². The van der Waals surface area contributed by atoms with Crippen LogP contribution in [0.15, 0.2) is 12.2 Å². The zero-order valence-electron chi connectivity index (χ0n) is 12.6. The van der Waals surface area contributed by atoms with Crippen LogP contribution in [-0.2, 0) is 4.79 Å². The molecule has 0 spiro atoms. The summed E-state index contributed by atoms with van der Waals surface area (Å²) in [7, 11) is 0. The number of carboxylic acids is 1. The van der Waals surface area contributed by atoms with Crippen LogP contribution >= 0.6 is 0 Å². The van der Waals surface area contributed by atoms with Crippen LogP contribution in [0.2, 0.25) is 0 Å². The highest BCUT2D eigenvalue weighted by Gasteiger charge is 2.61. The van der Waals surface area contributed by atoms with E-state index in [2.05, 4.69) is 26.0 Å². The molecule has 4 rings (SSSR count). The van der Waals surface area contributed by atoms with Crippen molar-refractivity contribution < 1.29 is 9.90 Å². The van der Waals surface area contributed by atoms with E-state index in [1.54, 1.807) is 0 Å². The van der Waals surface area contributed by atoms with E-state index in [0.29, 0.717) is 5.92 Å². The monoisotopic (exact) mass is 274 g/mol. The van der Waals surface area contributed by atoms with Gasteiger partial charge < -0.3 is 5.11 Å². The van der Waals surface area contributed by atoms with E-state index in [9.17, 15) is 9.90 Å². The van der Waals surface area contributed by atoms with Crippen molar-refractivity contribution in [2.24, 2.45) is 40.4 Å². The summed E-state index contributed by atoms with van der Waals surface area (Å²) in [5.74, 6) is 2.30. The molecule has 3 fully saturated rings. The van der Waals surface area contributed by atoms with Gasteiger partial charge in [-0.25, -0.2) is 0 Å². The second-order valence-corrected chi connectivity index (χ2v) is 8.54. The van der Waals surface area contributed by atoms with Crippen molar-refractivity contribution in [3.63, 3.8) is 0 Å². The minimum Gasteiger partial charge on any atom is -0.481 e. The van der Waals surface area contributed by atoms with E-state index < -0.39 is 5.97 Å². The van der Waals surface area contributed by atoms with Crippen molar-refractivity contribution in [1.29, 1.82) is 0 Å². The van der Waals surface area contributed by atoms with Crippen molar-refractivity contribution in [2.45, 2.75) is 52.4 Å². The summed E-state index contributed by atoms with van der Waals surface area (Å²) in [5.41, 5.74) is 0.429. The molecule has 4 aliphatic carbocycles. The highest BCUT2D eigenvalue weighted by Crippen LogP contribution is 2.67. The zero-order valence-corrected chi connectivity index (χ0v) is 12.6. The molecular weight excluding hydrogens is 248 g/mol. The molecule has 110 valence electrons. The Hall–Kier alpha value is -0.790. The van der Waals surface area contributed by atoms with Crippen LogP contribution < -0.4 is 0 Å². The summed E-state index contributed by atoms with van der Waals surface area (Å²) in [6.07, 6.45) is 12.3. The summed E-state index contributed by atoms with van der Waals surface area (Å²) in [6, 6.07) is 0. The minimum atomic E-state index is -0.579. The van der Waals surface area contributed by atoms with Gasteiger partial charge in [-0.3, -0.25) is 4.79 Å². The van der Waals surface area contributed by atoms with Gasteiger partial charge in [0, 0.05) is 0 Å². The number of carboxylic acid groups (broad SMARTS) is 1. The average molecular weight is 274 g/mol. The molecule has 3 saturated carbocycles. The van der Waals surface area contributed by atoms with E-state index in [-0.39, 0.29) is 16.7 Å². The first-order chi connectivity index (χ1) is 9.43. The maximum Gasteiger partial charge on any atom is 0.307 e. The first kappa shape index (κ1) is 12.9. The molecule has 6 unspecified atom stereocenters. The van der Waals surface area contributed by atoms with Gasteiger partial charge in [0.2, 0.25) is 0 Å². The second kappa shape index (κ2) is 3.90. The Morgan fingerprint density at radius 3 is 2.60 bits per heavy atom. The SMILES string of the molecule is CC(C)(C1CC2CCC1C2)C12C=CC(C1)C(C(=O)O)C2. The lowest BCUT2D eigenvalue weighted by molar-refractivity contribution is -0.143. The quantitative estimate of drug-likeness (QED) is 0.786. The molecular formula is C18H26O2. The van der Waals surface area contributed by atoms with Crippen molar-refractivity contribution in [1.82, 2.24) is 0 Å². The Balaban J connectivity index is 1.63. The first-order valence-electron chi connectivity index (χ1n) is 8.35. The topological polar surface area (TPSA) is 37.3 Å².